The third kappa shape index (κ3) is 3.43. The molecule has 0 saturated carbocycles. The zero-order chi connectivity index (χ0) is 15.6. The van der Waals surface area contributed by atoms with Gasteiger partial charge in [0.25, 0.3) is 0 Å². The van der Waals surface area contributed by atoms with Crippen LogP contribution in [-0.4, -0.2) is 33.6 Å². The predicted molar refractivity (Wildman–Crippen MR) is 68.8 cm³/mol. The highest BCUT2D eigenvalue weighted by Crippen LogP contribution is 2.31. The maximum atomic E-state index is 12.7. The molecule has 1 aliphatic heterocycles. The first-order valence-corrected chi connectivity index (χ1v) is 6.72. The summed E-state index contributed by atoms with van der Waals surface area (Å²) < 4.78 is 38.0. The zero-order valence-electron chi connectivity index (χ0n) is 11.5. The van der Waals surface area contributed by atoms with Crippen LogP contribution in [0.5, 0.6) is 0 Å². The van der Waals surface area contributed by atoms with Crippen LogP contribution >= 0.6 is 0 Å². The predicted octanol–water partition coefficient (Wildman–Crippen LogP) is 2.58. The molecule has 0 aliphatic carbocycles. The number of hydrogen-bond donors (Lipinski definition) is 1. The molecule has 1 aromatic heterocycles. The van der Waals surface area contributed by atoms with Gasteiger partial charge in [0.1, 0.15) is 11.7 Å². The Morgan fingerprint density at radius 2 is 2.24 bits per heavy atom. The van der Waals surface area contributed by atoms with E-state index >= 15 is 0 Å². The SMILES string of the molecule is CCC1CCN(c2nccc(C(F)(F)F)n2)C(C(=O)O)C1. The molecular formula is C13H16F3N3O2. The molecule has 8 heteroatoms. The van der Waals surface area contributed by atoms with Gasteiger partial charge >= 0.3 is 12.1 Å². The number of aromatic nitrogens is 2. The first-order chi connectivity index (χ1) is 9.82. The maximum absolute atomic E-state index is 12.7. The van der Waals surface area contributed by atoms with Crippen molar-refractivity contribution in [3.05, 3.63) is 18.0 Å². The van der Waals surface area contributed by atoms with E-state index in [1.165, 1.54) is 4.90 Å². The van der Waals surface area contributed by atoms with Crippen LogP contribution in [0.3, 0.4) is 0 Å². The van der Waals surface area contributed by atoms with Gasteiger partial charge in [-0.15, -0.1) is 0 Å². The number of anilines is 1. The first kappa shape index (κ1) is 15.5. The number of carboxylic acids is 1. The Morgan fingerprint density at radius 3 is 2.81 bits per heavy atom. The summed E-state index contributed by atoms with van der Waals surface area (Å²) in [5, 5.41) is 9.29. The number of rotatable bonds is 3. The van der Waals surface area contributed by atoms with Crippen molar-refractivity contribution < 1.29 is 23.1 Å². The summed E-state index contributed by atoms with van der Waals surface area (Å²) in [7, 11) is 0. The maximum Gasteiger partial charge on any atom is 0.433 e. The number of piperidine rings is 1. The van der Waals surface area contributed by atoms with Gasteiger partial charge in [-0.05, 0) is 24.8 Å². The summed E-state index contributed by atoms with van der Waals surface area (Å²) >= 11 is 0. The van der Waals surface area contributed by atoms with Crippen LogP contribution in [0.25, 0.3) is 0 Å². The average molecular weight is 303 g/mol. The fourth-order valence-electron chi connectivity index (χ4n) is 2.53. The Labute approximate surface area is 119 Å². The Balaban J connectivity index is 2.29. The minimum absolute atomic E-state index is 0.174. The second kappa shape index (κ2) is 5.87. The molecule has 2 atom stereocenters. The fraction of sp³-hybridized carbons (Fsp3) is 0.615. The number of alkyl halides is 3. The molecule has 2 rings (SSSR count). The molecule has 0 spiro atoms. The summed E-state index contributed by atoms with van der Waals surface area (Å²) in [5.74, 6) is -0.978. The molecular weight excluding hydrogens is 287 g/mol. The molecule has 0 bridgehead atoms. The third-order valence-corrected chi connectivity index (χ3v) is 3.76. The lowest BCUT2D eigenvalue weighted by Gasteiger charge is -2.37. The van der Waals surface area contributed by atoms with Gasteiger partial charge in [-0.25, -0.2) is 14.8 Å². The van der Waals surface area contributed by atoms with Crippen molar-refractivity contribution in [2.75, 3.05) is 11.4 Å². The van der Waals surface area contributed by atoms with Crippen LogP contribution in [0.15, 0.2) is 12.3 Å². The number of halogens is 3. The van der Waals surface area contributed by atoms with Crippen molar-refractivity contribution >= 4 is 11.9 Å². The van der Waals surface area contributed by atoms with Gasteiger partial charge in [-0.1, -0.05) is 13.3 Å². The van der Waals surface area contributed by atoms with E-state index < -0.39 is 23.9 Å². The van der Waals surface area contributed by atoms with Crippen molar-refractivity contribution in [2.24, 2.45) is 5.92 Å². The minimum Gasteiger partial charge on any atom is -0.480 e. The highest BCUT2D eigenvalue weighted by atomic mass is 19.4. The van der Waals surface area contributed by atoms with Crippen molar-refractivity contribution in [3.8, 4) is 0 Å². The van der Waals surface area contributed by atoms with E-state index in [4.69, 9.17) is 0 Å². The second-order valence-corrected chi connectivity index (χ2v) is 5.09. The molecule has 5 nitrogen and oxygen atoms in total. The summed E-state index contributed by atoms with van der Waals surface area (Å²) in [6.07, 6.45) is -1.60. The molecule has 0 aromatic carbocycles. The molecule has 2 heterocycles. The van der Waals surface area contributed by atoms with E-state index in [-0.39, 0.29) is 11.9 Å². The molecule has 1 saturated heterocycles. The van der Waals surface area contributed by atoms with E-state index in [9.17, 15) is 23.1 Å². The van der Waals surface area contributed by atoms with Gasteiger partial charge in [0.15, 0.2) is 0 Å². The normalized spacial score (nSPS) is 23.1. The average Bonchev–Trinajstić information content (AvgIpc) is 2.45. The summed E-state index contributed by atoms with van der Waals surface area (Å²) in [5.41, 5.74) is -1.06. The van der Waals surface area contributed by atoms with Gasteiger partial charge < -0.3 is 10.0 Å². The monoisotopic (exact) mass is 303 g/mol. The highest BCUT2D eigenvalue weighted by molar-refractivity contribution is 5.77. The lowest BCUT2D eigenvalue weighted by Crippen LogP contribution is -2.48. The standard InChI is InChI=1S/C13H16F3N3O2/c1-2-8-4-6-19(9(7-8)11(20)21)12-17-5-3-10(18-12)13(14,15)16/h3,5,8-9H,2,4,6-7H2,1H3,(H,20,21). The van der Waals surface area contributed by atoms with E-state index in [0.717, 1.165) is 25.1 Å². The van der Waals surface area contributed by atoms with E-state index in [1.54, 1.807) is 0 Å². The molecule has 2 unspecified atom stereocenters. The number of carboxylic acid groups (broad SMARTS) is 1. The topological polar surface area (TPSA) is 66.3 Å². The number of aliphatic carboxylic acids is 1. The third-order valence-electron chi connectivity index (χ3n) is 3.76. The second-order valence-electron chi connectivity index (χ2n) is 5.09. The molecule has 1 aliphatic rings. The quantitative estimate of drug-likeness (QED) is 0.929. The van der Waals surface area contributed by atoms with Crippen molar-refractivity contribution in [3.63, 3.8) is 0 Å². The fourth-order valence-corrected chi connectivity index (χ4v) is 2.53. The van der Waals surface area contributed by atoms with E-state index in [1.807, 2.05) is 6.92 Å². The van der Waals surface area contributed by atoms with Crippen molar-refractivity contribution in [2.45, 2.75) is 38.4 Å². The largest absolute Gasteiger partial charge is 0.480 e. The molecule has 0 radical (unpaired) electrons. The van der Waals surface area contributed by atoms with Crippen molar-refractivity contribution in [1.82, 2.24) is 9.97 Å². The van der Waals surface area contributed by atoms with Crippen LogP contribution in [0.2, 0.25) is 0 Å². The molecule has 1 aromatic rings. The van der Waals surface area contributed by atoms with Gasteiger partial charge in [0.05, 0.1) is 0 Å². The lowest BCUT2D eigenvalue weighted by atomic mass is 9.89. The first-order valence-electron chi connectivity index (χ1n) is 6.72. The summed E-state index contributed by atoms with van der Waals surface area (Å²) in [4.78, 5) is 20.0. The van der Waals surface area contributed by atoms with Crippen molar-refractivity contribution in [1.29, 1.82) is 0 Å². The summed E-state index contributed by atoms with van der Waals surface area (Å²) in [6.45, 7) is 2.32. The Morgan fingerprint density at radius 1 is 1.52 bits per heavy atom. The van der Waals surface area contributed by atoms with Crippen LogP contribution in [0.1, 0.15) is 31.9 Å². The molecule has 1 N–H and O–H groups in total. The van der Waals surface area contributed by atoms with Crippen LogP contribution in [0, 0.1) is 5.92 Å². The van der Waals surface area contributed by atoms with Crippen LogP contribution < -0.4 is 4.90 Å². The number of nitrogens with zero attached hydrogens (tertiary/aromatic N) is 3. The smallest absolute Gasteiger partial charge is 0.433 e. The Bertz CT molecular complexity index is 522. The number of carbonyl (C=O) groups is 1. The van der Waals surface area contributed by atoms with E-state index in [0.29, 0.717) is 13.0 Å². The zero-order valence-corrected chi connectivity index (χ0v) is 11.5. The van der Waals surface area contributed by atoms with Crippen LogP contribution in [-0.2, 0) is 11.0 Å². The number of hydrogen-bond acceptors (Lipinski definition) is 4. The Hall–Kier alpha value is -1.86. The van der Waals surface area contributed by atoms with Gasteiger partial charge in [-0.2, -0.15) is 13.2 Å². The van der Waals surface area contributed by atoms with Crippen LogP contribution in [0.4, 0.5) is 19.1 Å². The van der Waals surface area contributed by atoms with E-state index in [2.05, 4.69) is 9.97 Å². The lowest BCUT2D eigenvalue weighted by molar-refractivity contribution is -0.141. The molecule has 0 amide bonds. The molecule has 21 heavy (non-hydrogen) atoms. The molecule has 116 valence electrons. The van der Waals surface area contributed by atoms with Gasteiger partial charge in [-0.3, -0.25) is 0 Å². The van der Waals surface area contributed by atoms with Gasteiger partial charge in [0, 0.05) is 12.7 Å². The summed E-state index contributed by atoms with van der Waals surface area (Å²) in [6, 6.07) is -0.106. The minimum atomic E-state index is -4.57. The van der Waals surface area contributed by atoms with Gasteiger partial charge in [0.2, 0.25) is 5.95 Å². The Kier molecular flexibility index (Phi) is 4.34. The molecule has 1 fully saturated rings. The highest BCUT2D eigenvalue weighted by Gasteiger charge is 2.37.